The van der Waals surface area contributed by atoms with Gasteiger partial charge in [0.2, 0.25) is 0 Å². The Kier molecular flexibility index (Phi) is 7.54. The molecule has 3 aromatic rings. The predicted molar refractivity (Wildman–Crippen MR) is 121 cm³/mol. The fourth-order valence-corrected chi connectivity index (χ4v) is 3.30. The maximum Gasteiger partial charge on any atom is 0.192 e. The average molecular weight is 499 g/mol. The lowest BCUT2D eigenvalue weighted by atomic mass is 9.98. The zero-order chi connectivity index (χ0) is 18.6. The van der Waals surface area contributed by atoms with Crippen LogP contribution < -0.4 is 10.6 Å². The lowest BCUT2D eigenvalue weighted by Crippen LogP contribution is -2.37. The van der Waals surface area contributed by atoms with Gasteiger partial charge in [-0.25, -0.2) is 9.98 Å². The first-order valence-corrected chi connectivity index (χ1v) is 9.61. The van der Waals surface area contributed by atoms with Crippen molar-refractivity contribution >= 4 is 46.9 Å². The van der Waals surface area contributed by atoms with Gasteiger partial charge in [0, 0.05) is 23.5 Å². The Bertz CT molecular complexity index is 894. The van der Waals surface area contributed by atoms with Gasteiger partial charge in [-0.1, -0.05) is 26.8 Å². The summed E-state index contributed by atoms with van der Waals surface area (Å²) in [6, 6.07) is 5.85. The largest absolute Gasteiger partial charge is 0.357 e. The summed E-state index contributed by atoms with van der Waals surface area (Å²) >= 11 is 1.69. The quantitative estimate of drug-likeness (QED) is 0.320. The van der Waals surface area contributed by atoms with Gasteiger partial charge in [-0.3, -0.25) is 4.40 Å². The van der Waals surface area contributed by atoms with E-state index in [0.717, 1.165) is 34.7 Å². The van der Waals surface area contributed by atoms with Crippen LogP contribution in [-0.4, -0.2) is 32.1 Å². The molecule has 3 heterocycles. The number of hydrogen-bond acceptors (Lipinski definition) is 5. The number of nitrogens with one attached hydrogen (secondary N) is 2. The van der Waals surface area contributed by atoms with Gasteiger partial charge in [0.25, 0.3) is 0 Å². The molecule has 3 rings (SSSR count). The van der Waals surface area contributed by atoms with Crippen LogP contribution in [0.5, 0.6) is 0 Å². The van der Waals surface area contributed by atoms with Gasteiger partial charge in [0.15, 0.2) is 17.4 Å². The smallest absolute Gasteiger partial charge is 0.192 e. The molecule has 0 unspecified atom stereocenters. The summed E-state index contributed by atoms with van der Waals surface area (Å²) in [7, 11) is 0. The number of aliphatic imine (C=N–C) groups is 1. The lowest BCUT2D eigenvalue weighted by Gasteiger charge is -2.13. The van der Waals surface area contributed by atoms with E-state index in [1.165, 1.54) is 0 Å². The molecule has 7 nitrogen and oxygen atoms in total. The van der Waals surface area contributed by atoms with Crippen molar-refractivity contribution in [2.24, 2.45) is 4.99 Å². The van der Waals surface area contributed by atoms with E-state index < -0.39 is 0 Å². The zero-order valence-corrected chi connectivity index (χ0v) is 19.2. The first-order chi connectivity index (χ1) is 12.5. The van der Waals surface area contributed by atoms with Crippen molar-refractivity contribution in [3.63, 3.8) is 0 Å². The maximum absolute atomic E-state index is 4.69. The minimum atomic E-state index is 0. The molecule has 0 amide bonds. The molecule has 0 aromatic carbocycles. The second kappa shape index (κ2) is 9.45. The highest BCUT2D eigenvalue weighted by Gasteiger charge is 2.17. The van der Waals surface area contributed by atoms with E-state index in [4.69, 9.17) is 4.98 Å². The van der Waals surface area contributed by atoms with Crippen LogP contribution in [0.3, 0.4) is 0 Å². The van der Waals surface area contributed by atoms with E-state index >= 15 is 0 Å². The van der Waals surface area contributed by atoms with Crippen molar-refractivity contribution in [3.05, 3.63) is 46.3 Å². The summed E-state index contributed by atoms with van der Waals surface area (Å²) in [5.74, 6) is 1.58. The number of fused-ring (bicyclic) bond motifs is 1. The molecule has 0 spiro atoms. The summed E-state index contributed by atoms with van der Waals surface area (Å²) in [6.07, 6.45) is 1.96. The molecule has 3 aromatic heterocycles. The van der Waals surface area contributed by atoms with E-state index in [0.29, 0.717) is 13.1 Å². The van der Waals surface area contributed by atoms with Crippen molar-refractivity contribution in [3.8, 4) is 0 Å². The van der Waals surface area contributed by atoms with E-state index in [1.54, 1.807) is 11.3 Å². The molecule has 0 saturated carbocycles. The molecule has 0 aliphatic carbocycles. The number of guanidine groups is 1. The van der Waals surface area contributed by atoms with Gasteiger partial charge in [-0.05, 0) is 19.1 Å². The van der Waals surface area contributed by atoms with Gasteiger partial charge in [0.05, 0.1) is 23.8 Å². The summed E-state index contributed by atoms with van der Waals surface area (Å²) in [5, 5.41) is 18.2. The first kappa shape index (κ1) is 21.5. The number of thiazole rings is 1. The maximum atomic E-state index is 4.69. The number of aromatic nitrogens is 4. The minimum absolute atomic E-state index is 0. The molecule has 0 bridgehead atoms. The second-order valence-electron chi connectivity index (χ2n) is 6.99. The predicted octanol–water partition coefficient (Wildman–Crippen LogP) is 3.36. The number of halogens is 1. The van der Waals surface area contributed by atoms with E-state index in [9.17, 15) is 0 Å². The molecule has 0 saturated heterocycles. The highest BCUT2D eigenvalue weighted by atomic mass is 127. The van der Waals surface area contributed by atoms with Crippen molar-refractivity contribution < 1.29 is 0 Å². The van der Waals surface area contributed by atoms with Gasteiger partial charge in [-0.2, -0.15) is 0 Å². The van der Waals surface area contributed by atoms with Crippen LogP contribution in [0.25, 0.3) is 5.65 Å². The second-order valence-corrected chi connectivity index (χ2v) is 7.85. The van der Waals surface area contributed by atoms with Gasteiger partial charge >= 0.3 is 0 Å². The zero-order valence-electron chi connectivity index (χ0n) is 16.1. The Labute approximate surface area is 180 Å². The Morgan fingerprint density at radius 1 is 1.22 bits per heavy atom. The molecular weight excluding hydrogens is 473 g/mol. The van der Waals surface area contributed by atoms with Crippen LogP contribution in [0, 0.1) is 0 Å². The fourth-order valence-electron chi connectivity index (χ4n) is 2.40. The average Bonchev–Trinajstić information content (AvgIpc) is 3.24. The third-order valence-corrected chi connectivity index (χ3v) is 5.05. The van der Waals surface area contributed by atoms with E-state index in [1.807, 2.05) is 35.7 Å². The fraction of sp³-hybridized carbons (Fsp3) is 0.444. The molecule has 9 heteroatoms. The van der Waals surface area contributed by atoms with Crippen LogP contribution in [-0.2, 0) is 18.5 Å². The van der Waals surface area contributed by atoms with Gasteiger partial charge in [0.1, 0.15) is 0 Å². The summed E-state index contributed by atoms with van der Waals surface area (Å²) in [5.41, 5.74) is 1.90. The molecule has 0 aliphatic rings. The van der Waals surface area contributed by atoms with Crippen LogP contribution in [0.1, 0.15) is 44.2 Å². The molecule has 0 fully saturated rings. The van der Waals surface area contributed by atoms with Gasteiger partial charge < -0.3 is 10.6 Å². The van der Waals surface area contributed by atoms with E-state index in [2.05, 4.69) is 52.0 Å². The van der Waals surface area contributed by atoms with Gasteiger partial charge in [-0.15, -0.1) is 45.5 Å². The summed E-state index contributed by atoms with van der Waals surface area (Å²) < 4.78 is 1.96. The monoisotopic (exact) mass is 499 g/mol. The highest BCUT2D eigenvalue weighted by molar-refractivity contribution is 14.0. The Morgan fingerprint density at radius 3 is 2.74 bits per heavy atom. The number of rotatable bonds is 5. The van der Waals surface area contributed by atoms with Crippen LogP contribution in [0.15, 0.2) is 34.8 Å². The topological polar surface area (TPSA) is 79.5 Å². The van der Waals surface area contributed by atoms with Crippen LogP contribution in [0.2, 0.25) is 0 Å². The third kappa shape index (κ3) is 5.61. The Hall–Kier alpha value is -1.75. The standard InChI is InChI=1S/C18H25N7S.HI/c1-5-19-17(20-10-13-12-26-16(22-13)18(2,3)4)21-11-15-24-23-14-8-6-7-9-25(14)15;/h6-9,12H,5,10-11H2,1-4H3,(H2,19,20,21);1H. The minimum Gasteiger partial charge on any atom is -0.357 e. The molecule has 0 aliphatic heterocycles. The van der Waals surface area contributed by atoms with Crippen LogP contribution in [0.4, 0.5) is 0 Å². The van der Waals surface area contributed by atoms with Crippen LogP contribution >= 0.6 is 35.3 Å². The summed E-state index contributed by atoms with van der Waals surface area (Å²) in [4.78, 5) is 9.33. The number of hydrogen-bond donors (Lipinski definition) is 2. The molecule has 146 valence electrons. The van der Waals surface area contributed by atoms with E-state index in [-0.39, 0.29) is 29.4 Å². The first-order valence-electron chi connectivity index (χ1n) is 8.73. The van der Waals surface area contributed by atoms with Crippen molar-refractivity contribution in [1.29, 1.82) is 0 Å². The molecule has 27 heavy (non-hydrogen) atoms. The normalized spacial score (nSPS) is 12.1. The SMILES string of the molecule is CCNC(=NCc1csc(C(C)(C)C)n1)NCc1nnc2ccccn12.I. The van der Waals surface area contributed by atoms with Crippen molar-refractivity contribution in [2.45, 2.75) is 46.2 Å². The summed E-state index contributed by atoms with van der Waals surface area (Å²) in [6.45, 7) is 10.4. The number of pyridine rings is 1. The third-order valence-electron chi connectivity index (χ3n) is 3.74. The molecule has 2 N–H and O–H groups in total. The molecule has 0 atom stereocenters. The van der Waals surface area contributed by atoms with Crippen molar-refractivity contribution in [2.75, 3.05) is 6.54 Å². The Balaban J connectivity index is 0.00000261. The number of nitrogens with zero attached hydrogens (tertiary/aromatic N) is 5. The molecular formula is C18H26IN7S. The van der Waals surface area contributed by atoms with Crippen molar-refractivity contribution in [1.82, 2.24) is 30.2 Å². The molecule has 0 radical (unpaired) electrons. The Morgan fingerprint density at radius 2 is 2.04 bits per heavy atom. The lowest BCUT2D eigenvalue weighted by molar-refractivity contribution is 0.583. The highest BCUT2D eigenvalue weighted by Crippen LogP contribution is 2.25.